The molecule has 2 aromatic carbocycles. The summed E-state index contributed by atoms with van der Waals surface area (Å²) in [6.07, 6.45) is 2.16. The van der Waals surface area contributed by atoms with Crippen molar-refractivity contribution >= 4 is 35.0 Å². The molecule has 1 amide bonds. The molecule has 9 heteroatoms. The molecule has 2 heterocycles. The van der Waals surface area contributed by atoms with Gasteiger partial charge in [-0.2, -0.15) is 0 Å². The first-order chi connectivity index (χ1) is 15.1. The van der Waals surface area contributed by atoms with E-state index in [0.717, 1.165) is 36.6 Å². The Labute approximate surface area is 190 Å². The van der Waals surface area contributed by atoms with Crippen LogP contribution in [-0.4, -0.2) is 46.2 Å². The largest absolute Gasteiger partial charge is 0.497 e. The molecule has 7 nitrogen and oxygen atoms in total. The van der Waals surface area contributed by atoms with Crippen LogP contribution in [0.2, 0.25) is 5.02 Å². The molecule has 0 spiro atoms. The lowest BCUT2D eigenvalue weighted by Crippen LogP contribution is -2.18. The summed E-state index contributed by atoms with van der Waals surface area (Å²) in [5.74, 6) is 1.56. The van der Waals surface area contributed by atoms with E-state index in [2.05, 4.69) is 15.5 Å². The van der Waals surface area contributed by atoms with Crippen molar-refractivity contribution in [3.05, 3.63) is 53.6 Å². The Morgan fingerprint density at radius 3 is 2.77 bits per heavy atom. The molecule has 1 aliphatic heterocycles. The number of aromatic nitrogens is 3. The monoisotopic (exact) mass is 458 g/mol. The van der Waals surface area contributed by atoms with Gasteiger partial charge < -0.3 is 14.8 Å². The maximum absolute atomic E-state index is 12.5. The highest BCUT2D eigenvalue weighted by Crippen LogP contribution is 2.28. The number of carbonyl (C=O) groups is 1. The van der Waals surface area contributed by atoms with E-state index in [1.165, 1.54) is 11.8 Å². The van der Waals surface area contributed by atoms with E-state index in [-0.39, 0.29) is 17.8 Å². The summed E-state index contributed by atoms with van der Waals surface area (Å²) in [6, 6.07) is 14.8. The minimum atomic E-state index is -0.157. The average molecular weight is 459 g/mol. The molecule has 1 atom stereocenters. The van der Waals surface area contributed by atoms with Gasteiger partial charge in [0.2, 0.25) is 5.91 Å². The fourth-order valence-electron chi connectivity index (χ4n) is 3.38. The lowest BCUT2D eigenvalue weighted by atomic mass is 10.2. The van der Waals surface area contributed by atoms with Crippen LogP contribution in [0.25, 0.3) is 11.4 Å². The van der Waals surface area contributed by atoms with Gasteiger partial charge in [-0.3, -0.25) is 9.36 Å². The summed E-state index contributed by atoms with van der Waals surface area (Å²) in [4.78, 5) is 12.5. The molecule has 0 aliphatic carbocycles. The molecule has 0 radical (unpaired) electrons. The summed E-state index contributed by atoms with van der Waals surface area (Å²) in [6.45, 7) is 1.41. The van der Waals surface area contributed by atoms with E-state index in [1.807, 2.05) is 41.0 Å². The van der Waals surface area contributed by atoms with Crippen LogP contribution >= 0.6 is 23.4 Å². The predicted octanol–water partition coefficient (Wildman–Crippen LogP) is 4.52. The number of amides is 1. The van der Waals surface area contributed by atoms with Gasteiger partial charge in [0.25, 0.3) is 0 Å². The topological polar surface area (TPSA) is 78.3 Å². The third-order valence-corrected chi connectivity index (χ3v) is 6.25. The van der Waals surface area contributed by atoms with Crippen LogP contribution < -0.4 is 10.1 Å². The molecule has 162 valence electrons. The van der Waals surface area contributed by atoms with Crippen molar-refractivity contribution in [3.63, 3.8) is 0 Å². The molecule has 1 N–H and O–H groups in total. The van der Waals surface area contributed by atoms with Crippen molar-refractivity contribution in [2.24, 2.45) is 0 Å². The van der Waals surface area contributed by atoms with Crippen LogP contribution in [0.5, 0.6) is 5.75 Å². The van der Waals surface area contributed by atoms with E-state index in [4.69, 9.17) is 21.1 Å². The summed E-state index contributed by atoms with van der Waals surface area (Å²) < 4.78 is 13.1. The summed E-state index contributed by atoms with van der Waals surface area (Å²) in [7, 11) is 1.64. The number of halogens is 1. The number of rotatable bonds is 8. The molecule has 4 rings (SSSR count). The molecule has 1 saturated heterocycles. The Hall–Kier alpha value is -2.55. The Balaban J connectivity index is 1.51. The minimum absolute atomic E-state index is 0.115. The Morgan fingerprint density at radius 2 is 2.06 bits per heavy atom. The number of hydrogen-bond acceptors (Lipinski definition) is 6. The first kappa shape index (κ1) is 21.7. The van der Waals surface area contributed by atoms with E-state index >= 15 is 0 Å². The van der Waals surface area contributed by atoms with Crippen LogP contribution in [0.4, 0.5) is 5.69 Å². The number of ether oxygens (including phenoxy) is 2. The maximum atomic E-state index is 12.5. The quantitative estimate of drug-likeness (QED) is 0.500. The van der Waals surface area contributed by atoms with Gasteiger partial charge in [-0.25, -0.2) is 0 Å². The number of anilines is 1. The SMILES string of the molecule is COc1ccc(-c2nnc(SCC(=O)Nc3ccccc3Cl)n2C[C@H]2CCCO2)cc1. The number of thioether (sulfide) groups is 1. The lowest BCUT2D eigenvalue weighted by molar-refractivity contribution is -0.113. The third-order valence-electron chi connectivity index (χ3n) is 4.96. The second-order valence-corrected chi connectivity index (χ2v) is 8.45. The molecule has 0 saturated carbocycles. The summed E-state index contributed by atoms with van der Waals surface area (Å²) in [5, 5.41) is 12.8. The van der Waals surface area contributed by atoms with Gasteiger partial charge in [0, 0.05) is 12.2 Å². The third kappa shape index (κ3) is 5.39. The van der Waals surface area contributed by atoms with Crippen LogP contribution in [0.1, 0.15) is 12.8 Å². The maximum Gasteiger partial charge on any atom is 0.234 e. The molecule has 31 heavy (non-hydrogen) atoms. The zero-order chi connectivity index (χ0) is 21.6. The van der Waals surface area contributed by atoms with Crippen LogP contribution in [0, 0.1) is 0 Å². The molecule has 1 fully saturated rings. The van der Waals surface area contributed by atoms with E-state index in [9.17, 15) is 4.79 Å². The molecule has 1 aromatic heterocycles. The Kier molecular flexibility index (Phi) is 7.11. The van der Waals surface area contributed by atoms with Gasteiger partial charge in [-0.05, 0) is 49.2 Å². The fraction of sp³-hybridized carbons (Fsp3) is 0.318. The second-order valence-electron chi connectivity index (χ2n) is 7.10. The lowest BCUT2D eigenvalue weighted by Gasteiger charge is -2.15. The Bertz CT molecular complexity index is 1040. The number of nitrogens with zero attached hydrogens (tertiary/aromatic N) is 3. The van der Waals surface area contributed by atoms with E-state index < -0.39 is 0 Å². The standard InChI is InChI=1S/C22H23ClN4O3S/c1-29-16-10-8-15(9-11-16)21-25-26-22(27(21)13-17-5-4-12-30-17)31-14-20(28)24-19-7-3-2-6-18(19)23/h2-3,6-11,17H,4-5,12-14H2,1H3,(H,24,28)/t17-/m1/s1. The number of nitrogens with one attached hydrogen (secondary N) is 1. The Morgan fingerprint density at radius 1 is 1.26 bits per heavy atom. The van der Waals surface area contributed by atoms with Crippen molar-refractivity contribution in [2.45, 2.75) is 30.6 Å². The van der Waals surface area contributed by atoms with Gasteiger partial charge in [-0.15, -0.1) is 10.2 Å². The van der Waals surface area contributed by atoms with Crippen LogP contribution in [-0.2, 0) is 16.1 Å². The van der Waals surface area contributed by atoms with Crippen molar-refractivity contribution < 1.29 is 14.3 Å². The smallest absolute Gasteiger partial charge is 0.234 e. The first-order valence-electron chi connectivity index (χ1n) is 10.0. The number of methoxy groups -OCH3 is 1. The summed E-state index contributed by atoms with van der Waals surface area (Å²) >= 11 is 7.47. The van der Waals surface area contributed by atoms with Gasteiger partial charge in [0.1, 0.15) is 5.75 Å². The van der Waals surface area contributed by atoms with E-state index in [0.29, 0.717) is 22.4 Å². The minimum Gasteiger partial charge on any atom is -0.497 e. The van der Waals surface area contributed by atoms with Gasteiger partial charge in [0.15, 0.2) is 11.0 Å². The number of carbonyl (C=O) groups excluding carboxylic acids is 1. The zero-order valence-electron chi connectivity index (χ0n) is 17.1. The highest BCUT2D eigenvalue weighted by atomic mass is 35.5. The molecule has 0 unspecified atom stereocenters. The molecular weight excluding hydrogens is 436 g/mol. The fourth-order valence-corrected chi connectivity index (χ4v) is 4.32. The molecule has 3 aromatic rings. The van der Waals surface area contributed by atoms with Crippen molar-refractivity contribution in [1.82, 2.24) is 14.8 Å². The number of hydrogen-bond donors (Lipinski definition) is 1. The normalized spacial score (nSPS) is 15.7. The average Bonchev–Trinajstić information content (AvgIpc) is 3.44. The van der Waals surface area contributed by atoms with Gasteiger partial charge in [0.05, 0.1) is 36.2 Å². The van der Waals surface area contributed by atoms with E-state index in [1.54, 1.807) is 19.2 Å². The first-order valence-corrected chi connectivity index (χ1v) is 11.4. The molecule has 1 aliphatic rings. The van der Waals surface area contributed by atoms with Gasteiger partial charge >= 0.3 is 0 Å². The number of para-hydroxylation sites is 1. The molecule has 0 bridgehead atoms. The summed E-state index contributed by atoms with van der Waals surface area (Å²) in [5.41, 5.74) is 1.52. The van der Waals surface area contributed by atoms with Crippen LogP contribution in [0.15, 0.2) is 53.7 Å². The van der Waals surface area contributed by atoms with Gasteiger partial charge in [-0.1, -0.05) is 35.5 Å². The molecular formula is C22H23ClN4O3S. The highest BCUT2D eigenvalue weighted by Gasteiger charge is 2.22. The number of benzene rings is 2. The van der Waals surface area contributed by atoms with Crippen LogP contribution in [0.3, 0.4) is 0 Å². The predicted molar refractivity (Wildman–Crippen MR) is 122 cm³/mol. The highest BCUT2D eigenvalue weighted by molar-refractivity contribution is 7.99. The van der Waals surface area contributed by atoms with Crippen molar-refractivity contribution in [1.29, 1.82) is 0 Å². The van der Waals surface area contributed by atoms with Crippen molar-refractivity contribution in [3.8, 4) is 17.1 Å². The second kappa shape index (κ2) is 10.2. The zero-order valence-corrected chi connectivity index (χ0v) is 18.7. The van der Waals surface area contributed by atoms with Crippen molar-refractivity contribution in [2.75, 3.05) is 24.8 Å².